The number of nitrogens with two attached hydrogens (primary N) is 1. The van der Waals surface area contributed by atoms with E-state index in [4.69, 9.17) is 28.9 Å². The maximum absolute atomic E-state index is 12.6. The van der Waals surface area contributed by atoms with Crippen LogP contribution < -0.4 is 10.6 Å². The molecule has 0 saturated carbocycles. The minimum atomic E-state index is -0.148. The van der Waals surface area contributed by atoms with E-state index in [9.17, 15) is 4.79 Å². The zero-order valence-corrected chi connectivity index (χ0v) is 13.2. The van der Waals surface area contributed by atoms with Crippen molar-refractivity contribution in [1.29, 1.82) is 0 Å². The van der Waals surface area contributed by atoms with Crippen molar-refractivity contribution in [3.63, 3.8) is 0 Å². The first-order valence-corrected chi connectivity index (χ1v) is 7.72. The molecule has 0 aliphatic rings. The normalized spacial score (nSPS) is 10.6. The summed E-state index contributed by atoms with van der Waals surface area (Å²) in [4.78, 5) is 14.3. The predicted molar refractivity (Wildman–Crippen MR) is 87.2 cm³/mol. The van der Waals surface area contributed by atoms with Gasteiger partial charge in [-0.15, -0.1) is 11.3 Å². The lowest BCUT2D eigenvalue weighted by atomic mass is 10.2. The lowest BCUT2D eigenvalue weighted by Gasteiger charge is -2.22. The standard InChI is InChI=1S/C14H14Cl2N2OS/c1-2-7-18(10-5-3-9(17)4-6-10)14(19)11-8-12(15)20-13(11)16/h3-6,8H,2,7,17H2,1H3. The van der Waals surface area contributed by atoms with E-state index in [1.54, 1.807) is 23.1 Å². The van der Waals surface area contributed by atoms with Gasteiger partial charge in [0.25, 0.3) is 5.91 Å². The molecule has 2 aromatic rings. The molecule has 2 N–H and O–H groups in total. The molecular formula is C14H14Cl2N2OS. The Morgan fingerprint density at radius 2 is 1.95 bits per heavy atom. The van der Waals surface area contributed by atoms with Gasteiger partial charge in [-0.1, -0.05) is 30.1 Å². The summed E-state index contributed by atoms with van der Waals surface area (Å²) in [5, 5.41) is 0. The molecule has 1 heterocycles. The Kier molecular flexibility index (Phi) is 4.91. The van der Waals surface area contributed by atoms with Gasteiger partial charge in [-0.05, 0) is 36.8 Å². The van der Waals surface area contributed by atoms with Crippen molar-refractivity contribution in [3.05, 3.63) is 44.6 Å². The summed E-state index contributed by atoms with van der Waals surface area (Å²) in [5.74, 6) is -0.148. The van der Waals surface area contributed by atoms with Crippen molar-refractivity contribution in [1.82, 2.24) is 0 Å². The van der Waals surface area contributed by atoms with Crippen molar-refractivity contribution in [2.45, 2.75) is 13.3 Å². The minimum Gasteiger partial charge on any atom is -0.399 e. The third kappa shape index (κ3) is 3.26. The fourth-order valence-corrected chi connectivity index (χ4v) is 3.31. The zero-order valence-electron chi connectivity index (χ0n) is 10.9. The van der Waals surface area contributed by atoms with Gasteiger partial charge >= 0.3 is 0 Å². The number of nitrogens with zero attached hydrogens (tertiary/aromatic N) is 1. The molecule has 1 aromatic heterocycles. The third-order valence-electron chi connectivity index (χ3n) is 2.78. The summed E-state index contributed by atoms with van der Waals surface area (Å²) in [6.07, 6.45) is 0.839. The van der Waals surface area contributed by atoms with Crippen LogP contribution in [-0.2, 0) is 0 Å². The van der Waals surface area contributed by atoms with Crippen molar-refractivity contribution < 1.29 is 4.79 Å². The van der Waals surface area contributed by atoms with Crippen molar-refractivity contribution in [2.24, 2.45) is 0 Å². The van der Waals surface area contributed by atoms with Gasteiger partial charge in [0, 0.05) is 17.9 Å². The lowest BCUT2D eigenvalue weighted by molar-refractivity contribution is 0.0987. The number of thiophene rings is 1. The molecule has 0 fully saturated rings. The first-order valence-electron chi connectivity index (χ1n) is 6.15. The van der Waals surface area contributed by atoms with Crippen LogP contribution >= 0.6 is 34.5 Å². The Morgan fingerprint density at radius 1 is 1.30 bits per heavy atom. The number of amides is 1. The van der Waals surface area contributed by atoms with Crippen LogP contribution in [0.25, 0.3) is 0 Å². The van der Waals surface area contributed by atoms with Gasteiger partial charge in [0.1, 0.15) is 4.34 Å². The molecule has 6 heteroatoms. The highest BCUT2D eigenvalue weighted by atomic mass is 35.5. The van der Waals surface area contributed by atoms with Gasteiger partial charge in [0.05, 0.1) is 9.90 Å². The van der Waals surface area contributed by atoms with E-state index in [1.165, 1.54) is 11.3 Å². The quantitative estimate of drug-likeness (QED) is 0.827. The molecule has 106 valence electrons. The second-order valence-corrected chi connectivity index (χ2v) is 6.57. The first-order chi connectivity index (χ1) is 9.52. The molecule has 0 unspecified atom stereocenters. The maximum Gasteiger partial charge on any atom is 0.260 e. The maximum atomic E-state index is 12.6. The molecule has 0 atom stereocenters. The van der Waals surface area contributed by atoms with Crippen LogP contribution in [0.5, 0.6) is 0 Å². The zero-order chi connectivity index (χ0) is 14.7. The van der Waals surface area contributed by atoms with Crippen molar-refractivity contribution in [3.8, 4) is 0 Å². The molecule has 0 radical (unpaired) electrons. The van der Waals surface area contributed by atoms with E-state index in [0.717, 1.165) is 12.1 Å². The fraction of sp³-hybridized carbons (Fsp3) is 0.214. The lowest BCUT2D eigenvalue weighted by Crippen LogP contribution is -2.31. The molecule has 0 spiro atoms. The van der Waals surface area contributed by atoms with E-state index < -0.39 is 0 Å². The Morgan fingerprint density at radius 3 is 2.45 bits per heavy atom. The van der Waals surface area contributed by atoms with Gasteiger partial charge in [0.2, 0.25) is 0 Å². The van der Waals surface area contributed by atoms with Crippen LogP contribution in [-0.4, -0.2) is 12.5 Å². The van der Waals surface area contributed by atoms with E-state index in [2.05, 4.69) is 0 Å². The number of benzene rings is 1. The minimum absolute atomic E-state index is 0.148. The van der Waals surface area contributed by atoms with Gasteiger partial charge < -0.3 is 10.6 Å². The smallest absolute Gasteiger partial charge is 0.260 e. The number of halogens is 2. The average molecular weight is 329 g/mol. The van der Waals surface area contributed by atoms with Crippen molar-refractivity contribution in [2.75, 3.05) is 17.2 Å². The number of rotatable bonds is 4. The highest BCUT2D eigenvalue weighted by molar-refractivity contribution is 7.20. The summed E-state index contributed by atoms with van der Waals surface area (Å²) < 4.78 is 0.920. The average Bonchev–Trinajstić information content (AvgIpc) is 2.75. The fourth-order valence-electron chi connectivity index (χ4n) is 1.86. The molecule has 3 nitrogen and oxygen atoms in total. The van der Waals surface area contributed by atoms with Crippen molar-refractivity contribution >= 4 is 51.8 Å². The number of nitrogen functional groups attached to an aromatic ring is 1. The summed E-state index contributed by atoms with van der Waals surface area (Å²) >= 11 is 13.2. The highest BCUT2D eigenvalue weighted by Gasteiger charge is 2.21. The van der Waals surface area contributed by atoms with E-state index >= 15 is 0 Å². The van der Waals surface area contributed by atoms with Crippen LogP contribution in [0.1, 0.15) is 23.7 Å². The molecule has 20 heavy (non-hydrogen) atoms. The molecule has 0 aliphatic heterocycles. The van der Waals surface area contributed by atoms with Gasteiger partial charge in [-0.2, -0.15) is 0 Å². The highest BCUT2D eigenvalue weighted by Crippen LogP contribution is 2.33. The van der Waals surface area contributed by atoms with Gasteiger partial charge in [-0.25, -0.2) is 0 Å². The molecule has 1 amide bonds. The van der Waals surface area contributed by atoms with Crippen LogP contribution in [0.4, 0.5) is 11.4 Å². The third-order valence-corrected chi connectivity index (χ3v) is 4.27. The van der Waals surface area contributed by atoms with Crippen LogP contribution in [0.3, 0.4) is 0 Å². The summed E-state index contributed by atoms with van der Waals surface area (Å²) in [7, 11) is 0. The Labute approximate surface area is 131 Å². The second kappa shape index (κ2) is 6.48. The molecule has 1 aromatic carbocycles. The predicted octanol–water partition coefficient (Wildman–Crippen LogP) is 4.69. The number of hydrogen-bond acceptors (Lipinski definition) is 3. The van der Waals surface area contributed by atoms with Crippen LogP contribution in [0.2, 0.25) is 8.67 Å². The first kappa shape index (κ1) is 15.2. The molecule has 2 rings (SSSR count). The summed E-state index contributed by atoms with van der Waals surface area (Å²) in [6.45, 7) is 2.62. The summed E-state index contributed by atoms with van der Waals surface area (Å²) in [5.41, 5.74) is 7.57. The summed E-state index contributed by atoms with van der Waals surface area (Å²) in [6, 6.07) is 8.80. The Balaban J connectivity index is 2.35. The van der Waals surface area contributed by atoms with E-state index in [-0.39, 0.29) is 5.91 Å². The number of hydrogen-bond donors (Lipinski definition) is 1. The number of anilines is 2. The van der Waals surface area contributed by atoms with Gasteiger partial charge in [-0.3, -0.25) is 4.79 Å². The Bertz CT molecular complexity index is 610. The Hall–Kier alpha value is -1.23. The second-order valence-electron chi connectivity index (χ2n) is 4.29. The largest absolute Gasteiger partial charge is 0.399 e. The molecule has 0 aliphatic carbocycles. The van der Waals surface area contributed by atoms with Crippen LogP contribution in [0.15, 0.2) is 30.3 Å². The molecule has 0 bridgehead atoms. The number of carbonyl (C=O) groups excluding carboxylic acids is 1. The molecular weight excluding hydrogens is 315 g/mol. The SMILES string of the molecule is CCCN(C(=O)c1cc(Cl)sc1Cl)c1ccc(N)cc1. The van der Waals surface area contributed by atoms with E-state index in [1.807, 2.05) is 19.1 Å². The van der Waals surface area contributed by atoms with Crippen LogP contribution in [0, 0.1) is 0 Å². The number of carbonyl (C=O) groups is 1. The topological polar surface area (TPSA) is 46.3 Å². The monoisotopic (exact) mass is 328 g/mol. The molecule has 0 saturated heterocycles. The van der Waals surface area contributed by atoms with Gasteiger partial charge in [0.15, 0.2) is 0 Å². The van der Waals surface area contributed by atoms with E-state index in [0.29, 0.717) is 26.5 Å².